The molecule has 3 aromatic heterocycles. The molecule has 1 aliphatic rings. The van der Waals surface area contributed by atoms with Gasteiger partial charge in [-0.3, -0.25) is 14.6 Å². The molecule has 1 fully saturated rings. The molecule has 1 saturated heterocycles. The van der Waals surface area contributed by atoms with Crippen molar-refractivity contribution in [2.24, 2.45) is 0 Å². The van der Waals surface area contributed by atoms with Crippen molar-refractivity contribution < 1.29 is 4.79 Å². The van der Waals surface area contributed by atoms with Gasteiger partial charge in [-0.15, -0.1) is 0 Å². The molecule has 5 rings (SSSR count). The number of imidazole rings is 1. The van der Waals surface area contributed by atoms with Crippen molar-refractivity contribution in [1.29, 1.82) is 0 Å². The zero-order valence-corrected chi connectivity index (χ0v) is 16.6. The number of pyridine rings is 1. The van der Waals surface area contributed by atoms with Gasteiger partial charge in [-0.1, -0.05) is 24.3 Å². The second kappa shape index (κ2) is 7.46. The van der Waals surface area contributed by atoms with Crippen LogP contribution in [0.4, 0.5) is 0 Å². The lowest BCUT2D eigenvalue weighted by molar-refractivity contribution is 0.0843. The van der Waals surface area contributed by atoms with Crippen molar-refractivity contribution in [2.45, 2.75) is 13.5 Å². The second-order valence-electron chi connectivity index (χ2n) is 7.84. The normalized spacial score (nSPS) is 16.0. The Labute approximate surface area is 169 Å². The van der Waals surface area contributed by atoms with Crippen LogP contribution in [0.1, 0.15) is 21.7 Å². The van der Waals surface area contributed by atoms with Crippen molar-refractivity contribution in [1.82, 2.24) is 24.2 Å². The summed E-state index contributed by atoms with van der Waals surface area (Å²) in [5.74, 6) is 0.203. The molecule has 4 aromatic rings. The van der Waals surface area contributed by atoms with E-state index in [1.807, 2.05) is 55.6 Å². The number of para-hydroxylation sites is 1. The molecular formula is C23H25N5O. The Hall–Kier alpha value is -2.96. The summed E-state index contributed by atoms with van der Waals surface area (Å²) in [7, 11) is 0. The van der Waals surface area contributed by atoms with Gasteiger partial charge < -0.3 is 9.38 Å². The summed E-state index contributed by atoms with van der Waals surface area (Å²) in [6.07, 6.45) is 4.13. The van der Waals surface area contributed by atoms with Crippen molar-refractivity contribution in [3.63, 3.8) is 0 Å². The standard InChI is InChI=1S/C23H25N5O/c1-17-23(19-6-2-3-7-20(19)24-17)21(29)16-27-12-10-26(11-13-27)14-18-15-28-9-5-4-8-22(28)25-18/h2-9,15,24H,10-14,16H2,1H3. The maximum Gasteiger partial charge on any atom is 0.179 e. The van der Waals surface area contributed by atoms with E-state index in [0.29, 0.717) is 6.54 Å². The van der Waals surface area contributed by atoms with Crippen LogP contribution in [0, 0.1) is 6.92 Å². The molecule has 0 unspecified atom stereocenters. The predicted octanol–water partition coefficient (Wildman–Crippen LogP) is 3.12. The van der Waals surface area contributed by atoms with Gasteiger partial charge in [-0.25, -0.2) is 4.98 Å². The SMILES string of the molecule is Cc1[nH]c2ccccc2c1C(=O)CN1CCN(Cc2cn3ccccc3n2)CC1. The second-order valence-corrected chi connectivity index (χ2v) is 7.84. The minimum Gasteiger partial charge on any atom is -0.358 e. The van der Waals surface area contributed by atoms with Gasteiger partial charge in [-0.2, -0.15) is 0 Å². The highest BCUT2D eigenvalue weighted by Gasteiger charge is 2.22. The van der Waals surface area contributed by atoms with Gasteiger partial charge in [0, 0.05) is 67.3 Å². The summed E-state index contributed by atoms with van der Waals surface area (Å²) < 4.78 is 2.06. The molecular weight excluding hydrogens is 362 g/mol. The minimum absolute atomic E-state index is 0.203. The Balaban J connectivity index is 1.20. The summed E-state index contributed by atoms with van der Waals surface area (Å²) in [4.78, 5) is 25.7. The van der Waals surface area contributed by atoms with Gasteiger partial charge in [-0.05, 0) is 25.1 Å². The fourth-order valence-corrected chi connectivity index (χ4v) is 4.32. The van der Waals surface area contributed by atoms with E-state index < -0.39 is 0 Å². The first-order chi connectivity index (χ1) is 14.2. The van der Waals surface area contributed by atoms with E-state index in [1.165, 1.54) is 0 Å². The Morgan fingerprint density at radius 2 is 1.79 bits per heavy atom. The number of H-pyrrole nitrogens is 1. The number of benzene rings is 1. The number of ketones is 1. The molecule has 0 atom stereocenters. The maximum absolute atomic E-state index is 13.0. The van der Waals surface area contributed by atoms with Gasteiger partial charge in [0.15, 0.2) is 5.78 Å². The van der Waals surface area contributed by atoms with Crippen LogP contribution < -0.4 is 0 Å². The monoisotopic (exact) mass is 387 g/mol. The highest BCUT2D eigenvalue weighted by molar-refractivity contribution is 6.10. The summed E-state index contributed by atoms with van der Waals surface area (Å²) in [6.45, 7) is 7.03. The Morgan fingerprint density at radius 1 is 1.03 bits per heavy atom. The van der Waals surface area contributed by atoms with Crippen LogP contribution in [0.15, 0.2) is 54.9 Å². The molecule has 0 radical (unpaired) electrons. The van der Waals surface area contributed by atoms with Gasteiger partial charge in [0.25, 0.3) is 0 Å². The first kappa shape index (κ1) is 18.1. The number of piperazine rings is 1. The van der Waals surface area contributed by atoms with E-state index in [4.69, 9.17) is 4.98 Å². The minimum atomic E-state index is 0.203. The summed E-state index contributed by atoms with van der Waals surface area (Å²) in [5, 5.41) is 1.03. The Kier molecular flexibility index (Phi) is 4.66. The number of aromatic amines is 1. The molecule has 0 saturated carbocycles. The molecule has 0 spiro atoms. The van der Waals surface area contributed by atoms with E-state index in [-0.39, 0.29) is 5.78 Å². The lowest BCUT2D eigenvalue weighted by Gasteiger charge is -2.33. The van der Waals surface area contributed by atoms with Crippen LogP contribution >= 0.6 is 0 Å². The van der Waals surface area contributed by atoms with Gasteiger partial charge >= 0.3 is 0 Å². The Bertz CT molecular complexity index is 1130. The number of rotatable bonds is 5. The number of Topliss-reactive ketones (excluding diaryl/α,β-unsaturated/α-hetero) is 1. The summed E-state index contributed by atoms with van der Waals surface area (Å²) in [5.41, 5.74) is 4.91. The van der Waals surface area contributed by atoms with E-state index in [0.717, 1.165) is 66.2 Å². The first-order valence-electron chi connectivity index (χ1n) is 10.2. The molecule has 0 aliphatic carbocycles. The first-order valence-corrected chi connectivity index (χ1v) is 10.2. The van der Waals surface area contributed by atoms with Crippen LogP contribution in [0.5, 0.6) is 0 Å². The zero-order chi connectivity index (χ0) is 19.8. The average Bonchev–Trinajstić information content (AvgIpc) is 3.28. The number of aromatic nitrogens is 3. The van der Waals surface area contributed by atoms with E-state index in [2.05, 4.69) is 25.4 Å². The molecule has 6 nitrogen and oxygen atoms in total. The number of carbonyl (C=O) groups is 1. The van der Waals surface area contributed by atoms with Crippen molar-refractivity contribution in [2.75, 3.05) is 32.7 Å². The molecule has 6 heteroatoms. The van der Waals surface area contributed by atoms with E-state index >= 15 is 0 Å². The molecule has 29 heavy (non-hydrogen) atoms. The quantitative estimate of drug-likeness (QED) is 0.535. The molecule has 4 heterocycles. The lowest BCUT2D eigenvalue weighted by atomic mass is 10.1. The molecule has 0 bridgehead atoms. The molecule has 148 valence electrons. The highest BCUT2D eigenvalue weighted by Crippen LogP contribution is 2.22. The number of nitrogens with zero attached hydrogens (tertiary/aromatic N) is 4. The fourth-order valence-electron chi connectivity index (χ4n) is 4.32. The smallest absolute Gasteiger partial charge is 0.179 e. The van der Waals surface area contributed by atoms with Crippen LogP contribution in [0.3, 0.4) is 0 Å². The number of hydrogen-bond acceptors (Lipinski definition) is 4. The molecule has 1 aliphatic heterocycles. The van der Waals surface area contributed by atoms with Crippen molar-refractivity contribution >= 4 is 22.3 Å². The molecule has 0 amide bonds. The average molecular weight is 387 g/mol. The number of aryl methyl sites for hydroxylation is 1. The largest absolute Gasteiger partial charge is 0.358 e. The summed E-state index contributed by atoms with van der Waals surface area (Å²) in [6, 6.07) is 14.1. The number of fused-ring (bicyclic) bond motifs is 2. The van der Waals surface area contributed by atoms with E-state index in [9.17, 15) is 4.79 Å². The van der Waals surface area contributed by atoms with Crippen LogP contribution in [-0.4, -0.2) is 62.7 Å². The van der Waals surface area contributed by atoms with E-state index in [1.54, 1.807) is 0 Å². The van der Waals surface area contributed by atoms with Gasteiger partial charge in [0.1, 0.15) is 5.65 Å². The molecule has 1 N–H and O–H groups in total. The Morgan fingerprint density at radius 3 is 2.62 bits per heavy atom. The van der Waals surface area contributed by atoms with Gasteiger partial charge in [0.05, 0.1) is 12.2 Å². The number of carbonyl (C=O) groups excluding carboxylic acids is 1. The topological polar surface area (TPSA) is 56.6 Å². The third-order valence-corrected chi connectivity index (χ3v) is 5.80. The van der Waals surface area contributed by atoms with Crippen LogP contribution in [0.2, 0.25) is 0 Å². The zero-order valence-electron chi connectivity index (χ0n) is 16.6. The van der Waals surface area contributed by atoms with Crippen LogP contribution in [0.25, 0.3) is 16.6 Å². The number of nitrogens with one attached hydrogen (secondary N) is 1. The number of hydrogen-bond donors (Lipinski definition) is 1. The maximum atomic E-state index is 13.0. The third kappa shape index (κ3) is 3.57. The fraction of sp³-hybridized carbons (Fsp3) is 0.304. The predicted molar refractivity (Wildman–Crippen MR) is 114 cm³/mol. The summed E-state index contributed by atoms with van der Waals surface area (Å²) >= 11 is 0. The molecule has 1 aromatic carbocycles. The highest BCUT2D eigenvalue weighted by atomic mass is 16.1. The van der Waals surface area contributed by atoms with Crippen molar-refractivity contribution in [3.8, 4) is 0 Å². The lowest BCUT2D eigenvalue weighted by Crippen LogP contribution is -2.47. The van der Waals surface area contributed by atoms with Crippen molar-refractivity contribution in [3.05, 3.63) is 71.8 Å². The van der Waals surface area contributed by atoms with Crippen LogP contribution in [-0.2, 0) is 6.54 Å². The van der Waals surface area contributed by atoms with Gasteiger partial charge in [0.2, 0.25) is 0 Å². The third-order valence-electron chi connectivity index (χ3n) is 5.80.